The van der Waals surface area contributed by atoms with Crippen LogP contribution in [0.5, 0.6) is 17.4 Å². The van der Waals surface area contributed by atoms with Crippen molar-refractivity contribution in [1.29, 1.82) is 0 Å². The summed E-state index contributed by atoms with van der Waals surface area (Å²) in [6.07, 6.45) is 0. The largest absolute Gasteiger partial charge is 0.475 e. The Morgan fingerprint density at radius 1 is 1.06 bits per heavy atom. The fourth-order valence-corrected chi connectivity index (χ4v) is 3.04. The Morgan fingerprint density at radius 3 is 2.41 bits per heavy atom. The molecule has 2 N–H and O–H groups in total. The molecule has 0 saturated heterocycles. The Hall–Kier alpha value is -4.48. The van der Waals surface area contributed by atoms with Crippen molar-refractivity contribution in [2.45, 2.75) is 20.8 Å². The highest BCUT2D eigenvalue weighted by atomic mass is 16.6. The lowest BCUT2D eigenvalue weighted by Gasteiger charge is -2.13. The molecule has 0 aliphatic rings. The van der Waals surface area contributed by atoms with E-state index in [1.807, 2.05) is 26.8 Å². The Kier molecular flexibility index (Phi) is 6.05. The average Bonchev–Trinajstić information content (AvgIpc) is 3.16. The molecular weight excluding hydrogens is 422 g/mol. The molecular formula is C20H19N5O7. The molecule has 1 amide bonds. The number of nitro benzene ring substituents is 1. The molecule has 0 aliphatic carbocycles. The number of nitro groups is 2. The minimum Gasteiger partial charge on any atom is -0.475 e. The van der Waals surface area contributed by atoms with Gasteiger partial charge in [0.2, 0.25) is 5.69 Å². The van der Waals surface area contributed by atoms with E-state index in [0.717, 1.165) is 22.8 Å². The molecule has 0 unspecified atom stereocenters. The zero-order valence-corrected chi connectivity index (χ0v) is 17.6. The van der Waals surface area contributed by atoms with Crippen molar-refractivity contribution in [2.24, 2.45) is 0 Å². The van der Waals surface area contributed by atoms with Crippen molar-refractivity contribution in [3.63, 3.8) is 0 Å². The summed E-state index contributed by atoms with van der Waals surface area (Å²) < 4.78 is 10.6. The third-order valence-electron chi connectivity index (χ3n) is 4.66. The number of aryl methyl sites for hydroxylation is 2. The van der Waals surface area contributed by atoms with E-state index in [9.17, 15) is 25.0 Å². The molecule has 0 spiro atoms. The summed E-state index contributed by atoms with van der Waals surface area (Å²) in [4.78, 5) is 33.8. The number of nitrogens with zero attached hydrogens (tertiary/aromatic N) is 3. The summed E-state index contributed by atoms with van der Waals surface area (Å²) in [7, 11) is 1.17. The van der Waals surface area contributed by atoms with Crippen molar-refractivity contribution < 1.29 is 24.1 Å². The predicted molar refractivity (Wildman–Crippen MR) is 114 cm³/mol. The van der Waals surface area contributed by atoms with Crippen LogP contribution >= 0.6 is 0 Å². The molecule has 12 nitrogen and oxygen atoms in total. The van der Waals surface area contributed by atoms with Gasteiger partial charge in [-0.2, -0.15) is 0 Å². The number of aromatic amines is 1. The first-order valence-electron chi connectivity index (χ1n) is 9.24. The van der Waals surface area contributed by atoms with E-state index in [1.165, 1.54) is 19.2 Å². The number of benzene rings is 2. The number of methoxy groups -OCH3 is 1. The van der Waals surface area contributed by atoms with Gasteiger partial charge >= 0.3 is 11.6 Å². The summed E-state index contributed by atoms with van der Waals surface area (Å²) in [6.45, 7) is 5.67. The van der Waals surface area contributed by atoms with Crippen molar-refractivity contribution >= 4 is 23.0 Å². The molecule has 0 aliphatic heterocycles. The van der Waals surface area contributed by atoms with E-state index >= 15 is 0 Å². The monoisotopic (exact) mass is 441 g/mol. The van der Waals surface area contributed by atoms with Crippen molar-refractivity contribution in [2.75, 3.05) is 12.4 Å². The van der Waals surface area contributed by atoms with E-state index in [2.05, 4.69) is 15.5 Å². The van der Waals surface area contributed by atoms with Gasteiger partial charge in [0.25, 0.3) is 11.6 Å². The van der Waals surface area contributed by atoms with Crippen molar-refractivity contribution in [3.8, 4) is 17.4 Å². The lowest BCUT2D eigenvalue weighted by Crippen LogP contribution is -2.14. The van der Waals surface area contributed by atoms with Gasteiger partial charge in [0.1, 0.15) is 11.5 Å². The van der Waals surface area contributed by atoms with Gasteiger partial charge in [-0.1, -0.05) is 6.07 Å². The van der Waals surface area contributed by atoms with Crippen molar-refractivity contribution in [3.05, 3.63) is 72.9 Å². The van der Waals surface area contributed by atoms with Gasteiger partial charge < -0.3 is 14.8 Å². The maximum Gasteiger partial charge on any atom is 0.362 e. The van der Waals surface area contributed by atoms with E-state index in [0.29, 0.717) is 5.75 Å². The molecule has 1 aromatic heterocycles. The summed E-state index contributed by atoms with van der Waals surface area (Å²) in [5, 5.41) is 30.9. The molecule has 3 aromatic rings. The number of carbonyl (C=O) groups excluding carboxylic acids is 1. The number of hydrogen-bond acceptors (Lipinski definition) is 8. The maximum absolute atomic E-state index is 12.6. The van der Waals surface area contributed by atoms with Gasteiger partial charge in [0.15, 0.2) is 0 Å². The number of aromatic nitrogens is 2. The van der Waals surface area contributed by atoms with Crippen LogP contribution in [-0.4, -0.2) is 33.1 Å². The lowest BCUT2D eigenvalue weighted by molar-refractivity contribution is -0.386. The summed E-state index contributed by atoms with van der Waals surface area (Å²) in [5.74, 6) is -0.677. The van der Waals surface area contributed by atoms with Crippen LogP contribution in [0.4, 0.5) is 17.1 Å². The highest BCUT2D eigenvalue weighted by Crippen LogP contribution is 2.34. The second-order valence-electron chi connectivity index (χ2n) is 6.95. The maximum atomic E-state index is 12.6. The van der Waals surface area contributed by atoms with Crippen LogP contribution in [0.15, 0.2) is 30.3 Å². The molecule has 0 bridgehead atoms. The molecule has 3 rings (SSSR count). The van der Waals surface area contributed by atoms with E-state index < -0.39 is 27.1 Å². The quantitative estimate of drug-likeness (QED) is 0.407. The minimum atomic E-state index is -0.929. The normalized spacial score (nSPS) is 10.5. The predicted octanol–water partition coefficient (Wildman–Crippen LogP) is 4.20. The van der Waals surface area contributed by atoms with Crippen LogP contribution in [0.2, 0.25) is 0 Å². The van der Waals surface area contributed by atoms with Crippen LogP contribution in [0.25, 0.3) is 0 Å². The molecule has 0 radical (unpaired) electrons. The summed E-state index contributed by atoms with van der Waals surface area (Å²) >= 11 is 0. The second-order valence-corrected chi connectivity index (χ2v) is 6.95. The van der Waals surface area contributed by atoms with E-state index in [4.69, 9.17) is 9.47 Å². The Morgan fingerprint density at radius 2 is 1.78 bits per heavy atom. The first-order valence-corrected chi connectivity index (χ1v) is 9.24. The fourth-order valence-electron chi connectivity index (χ4n) is 3.04. The molecule has 12 heteroatoms. The number of rotatable bonds is 7. The van der Waals surface area contributed by atoms with Crippen LogP contribution < -0.4 is 14.8 Å². The van der Waals surface area contributed by atoms with Gasteiger partial charge in [0.05, 0.1) is 28.7 Å². The first-order chi connectivity index (χ1) is 15.1. The standard InChI is InChI=1S/C20H19N5O7/c1-10-5-11(2)12(3)16(6-10)32-15-8-13(7-14(9-15)24(27)28)21-19(26)17-18(25(29)30)20(31-4)23-22-17/h5-9H,1-4H3,(H,21,26)(H,22,23). The molecule has 0 saturated carbocycles. The van der Waals surface area contributed by atoms with Crippen LogP contribution in [-0.2, 0) is 0 Å². The average molecular weight is 441 g/mol. The van der Waals surface area contributed by atoms with E-state index in [1.54, 1.807) is 6.07 Å². The zero-order chi connectivity index (χ0) is 23.6. The number of carbonyl (C=O) groups is 1. The Bertz CT molecular complexity index is 1240. The lowest BCUT2D eigenvalue weighted by atomic mass is 10.1. The number of amides is 1. The zero-order valence-electron chi connectivity index (χ0n) is 17.6. The fraction of sp³-hybridized carbons (Fsp3) is 0.200. The van der Waals surface area contributed by atoms with Gasteiger partial charge in [-0.25, -0.2) is 0 Å². The number of H-pyrrole nitrogens is 1. The molecule has 0 fully saturated rings. The number of nitrogens with one attached hydrogen (secondary N) is 2. The van der Waals surface area contributed by atoms with Gasteiger partial charge in [0, 0.05) is 12.1 Å². The smallest absolute Gasteiger partial charge is 0.362 e. The van der Waals surface area contributed by atoms with Crippen molar-refractivity contribution in [1.82, 2.24) is 10.2 Å². The van der Waals surface area contributed by atoms with Gasteiger partial charge in [-0.05, 0) is 43.5 Å². The minimum absolute atomic E-state index is 0.00379. The third kappa shape index (κ3) is 4.48. The molecule has 166 valence electrons. The van der Waals surface area contributed by atoms with E-state index in [-0.39, 0.29) is 23.0 Å². The number of non-ortho nitro benzene ring substituents is 1. The summed E-state index contributed by atoms with van der Waals surface area (Å²) in [6, 6.07) is 7.47. The third-order valence-corrected chi connectivity index (χ3v) is 4.66. The molecule has 32 heavy (non-hydrogen) atoms. The number of anilines is 1. The Balaban J connectivity index is 1.97. The number of hydrogen-bond donors (Lipinski definition) is 2. The highest BCUT2D eigenvalue weighted by molar-refractivity contribution is 6.06. The Labute approximate surface area is 181 Å². The molecule has 0 atom stereocenters. The van der Waals surface area contributed by atoms with Crippen LogP contribution in [0, 0.1) is 41.0 Å². The summed E-state index contributed by atoms with van der Waals surface area (Å²) in [5.41, 5.74) is 1.33. The topological polar surface area (TPSA) is 163 Å². The molecule has 2 aromatic carbocycles. The first kappa shape index (κ1) is 22.2. The SMILES string of the molecule is COc1n[nH]c(C(=O)Nc2cc(Oc3cc(C)cc(C)c3C)cc([N+](=O)[O-])c2)c1[N+](=O)[O-]. The second kappa shape index (κ2) is 8.71. The van der Waals surface area contributed by atoms with Crippen LogP contribution in [0.1, 0.15) is 27.2 Å². The number of ether oxygens (including phenoxy) is 2. The van der Waals surface area contributed by atoms with Gasteiger partial charge in [-0.15, -0.1) is 5.10 Å². The van der Waals surface area contributed by atoms with Crippen LogP contribution in [0.3, 0.4) is 0 Å². The van der Waals surface area contributed by atoms with Gasteiger partial charge in [-0.3, -0.25) is 30.1 Å². The molecule has 1 heterocycles. The highest BCUT2D eigenvalue weighted by Gasteiger charge is 2.30.